The van der Waals surface area contributed by atoms with E-state index >= 15 is 0 Å². The Balaban J connectivity index is 2.35. The van der Waals surface area contributed by atoms with E-state index in [4.69, 9.17) is 5.73 Å². The van der Waals surface area contributed by atoms with Gasteiger partial charge in [0.1, 0.15) is 0 Å². The fraction of sp³-hybridized carbons (Fsp3) is 0.739. The van der Waals surface area contributed by atoms with E-state index in [2.05, 4.69) is 67.7 Å². The van der Waals surface area contributed by atoms with E-state index in [1.807, 2.05) is 0 Å². The number of likely N-dealkylation sites (N-methyl/N-ethyl adjacent to an activating group) is 1. The molecule has 156 valence electrons. The lowest BCUT2D eigenvalue weighted by molar-refractivity contribution is 0.208. The SMILES string of the molecule is C=C(/C=C\C(=C/C)N(C)C(C)CCCCCN)CNC1CCN(CC)CC1. The summed E-state index contributed by atoms with van der Waals surface area (Å²) in [4.78, 5) is 4.90. The molecule has 4 heteroatoms. The van der Waals surface area contributed by atoms with Crippen molar-refractivity contribution in [1.82, 2.24) is 15.1 Å². The molecule has 27 heavy (non-hydrogen) atoms. The summed E-state index contributed by atoms with van der Waals surface area (Å²) in [5, 5.41) is 3.68. The monoisotopic (exact) mass is 376 g/mol. The molecule has 1 fully saturated rings. The highest BCUT2D eigenvalue weighted by Crippen LogP contribution is 2.15. The highest BCUT2D eigenvalue weighted by molar-refractivity contribution is 5.26. The van der Waals surface area contributed by atoms with Gasteiger partial charge in [0, 0.05) is 31.4 Å². The molecule has 0 saturated carbocycles. The van der Waals surface area contributed by atoms with Crippen LogP contribution >= 0.6 is 0 Å². The lowest BCUT2D eigenvalue weighted by Gasteiger charge is -2.31. The number of allylic oxidation sites excluding steroid dienone is 2. The van der Waals surface area contributed by atoms with Crippen molar-refractivity contribution in [3.63, 3.8) is 0 Å². The van der Waals surface area contributed by atoms with Crippen molar-refractivity contribution in [2.75, 3.05) is 39.8 Å². The standard InChI is InChI=1S/C23H44N4/c1-6-23(26(5)21(4)11-9-8-10-16-24)13-12-20(3)19-25-22-14-17-27(7-2)18-15-22/h6,12-13,21-22,25H,3,7-11,14-19,24H2,1-2,4-5H3/b13-12-,23-6+. The fourth-order valence-electron chi connectivity index (χ4n) is 3.62. The van der Waals surface area contributed by atoms with Gasteiger partial charge in [-0.2, -0.15) is 0 Å². The summed E-state index contributed by atoms with van der Waals surface area (Å²) in [5.41, 5.74) is 8.00. The van der Waals surface area contributed by atoms with E-state index in [9.17, 15) is 0 Å². The van der Waals surface area contributed by atoms with Crippen LogP contribution in [-0.4, -0.2) is 61.7 Å². The van der Waals surface area contributed by atoms with Crippen LogP contribution in [-0.2, 0) is 0 Å². The van der Waals surface area contributed by atoms with Gasteiger partial charge in [-0.3, -0.25) is 0 Å². The van der Waals surface area contributed by atoms with Crippen LogP contribution in [0.5, 0.6) is 0 Å². The number of rotatable bonds is 13. The van der Waals surface area contributed by atoms with Gasteiger partial charge in [0.05, 0.1) is 0 Å². The minimum atomic E-state index is 0.536. The van der Waals surface area contributed by atoms with Crippen molar-refractivity contribution in [2.45, 2.75) is 71.4 Å². The van der Waals surface area contributed by atoms with Crippen LogP contribution in [0.1, 0.15) is 59.3 Å². The van der Waals surface area contributed by atoms with Crippen LogP contribution in [0.3, 0.4) is 0 Å². The number of nitrogens with two attached hydrogens (primary N) is 1. The predicted octanol–water partition coefficient (Wildman–Crippen LogP) is 3.92. The molecule has 3 N–H and O–H groups in total. The minimum absolute atomic E-state index is 0.536. The van der Waals surface area contributed by atoms with Crippen LogP contribution in [0.15, 0.2) is 36.1 Å². The normalized spacial score (nSPS) is 18.2. The molecule has 0 aromatic heterocycles. The molecule has 1 unspecified atom stereocenters. The molecule has 1 heterocycles. The summed E-state index contributed by atoms with van der Waals surface area (Å²) in [6, 6.07) is 1.17. The molecule has 0 aliphatic carbocycles. The zero-order valence-electron chi connectivity index (χ0n) is 18.3. The zero-order valence-corrected chi connectivity index (χ0v) is 18.3. The lowest BCUT2D eigenvalue weighted by Crippen LogP contribution is -2.42. The van der Waals surface area contributed by atoms with Gasteiger partial charge in [0.15, 0.2) is 0 Å². The second-order valence-electron chi connectivity index (χ2n) is 7.89. The van der Waals surface area contributed by atoms with Crippen LogP contribution in [0.2, 0.25) is 0 Å². The molecule has 1 aliphatic rings. The van der Waals surface area contributed by atoms with Gasteiger partial charge in [-0.15, -0.1) is 0 Å². The van der Waals surface area contributed by atoms with Gasteiger partial charge in [-0.05, 0) is 77.4 Å². The maximum absolute atomic E-state index is 5.58. The number of hydrogen-bond acceptors (Lipinski definition) is 4. The van der Waals surface area contributed by atoms with Gasteiger partial charge in [-0.25, -0.2) is 0 Å². The molecule has 1 saturated heterocycles. The van der Waals surface area contributed by atoms with Crippen molar-refractivity contribution in [3.05, 3.63) is 36.1 Å². The maximum atomic E-state index is 5.58. The lowest BCUT2D eigenvalue weighted by atomic mass is 10.0. The van der Waals surface area contributed by atoms with Gasteiger partial charge >= 0.3 is 0 Å². The summed E-state index contributed by atoms with van der Waals surface area (Å²) < 4.78 is 0. The predicted molar refractivity (Wildman–Crippen MR) is 120 cm³/mol. The quantitative estimate of drug-likeness (QED) is 0.378. The third-order valence-corrected chi connectivity index (χ3v) is 5.83. The van der Waals surface area contributed by atoms with Crippen LogP contribution in [0.4, 0.5) is 0 Å². The highest BCUT2D eigenvalue weighted by Gasteiger charge is 2.17. The third kappa shape index (κ3) is 9.59. The van der Waals surface area contributed by atoms with Crippen molar-refractivity contribution in [2.24, 2.45) is 5.73 Å². The molecule has 0 spiro atoms. The van der Waals surface area contributed by atoms with Crippen LogP contribution < -0.4 is 11.1 Å². The summed E-state index contributed by atoms with van der Waals surface area (Å²) in [6.07, 6.45) is 13.9. The van der Waals surface area contributed by atoms with Crippen molar-refractivity contribution in [1.29, 1.82) is 0 Å². The largest absolute Gasteiger partial charge is 0.372 e. The Morgan fingerprint density at radius 3 is 2.56 bits per heavy atom. The van der Waals surface area contributed by atoms with Crippen molar-refractivity contribution in [3.8, 4) is 0 Å². The maximum Gasteiger partial charge on any atom is 0.0322 e. The molecule has 4 nitrogen and oxygen atoms in total. The average Bonchev–Trinajstić information content (AvgIpc) is 2.70. The van der Waals surface area contributed by atoms with Crippen molar-refractivity contribution < 1.29 is 0 Å². The number of piperidine rings is 1. The Hall–Kier alpha value is -1.10. The summed E-state index contributed by atoms with van der Waals surface area (Å²) in [5.74, 6) is 0. The molecule has 0 aromatic carbocycles. The molecule has 0 aromatic rings. The van der Waals surface area contributed by atoms with E-state index < -0.39 is 0 Å². The number of nitrogens with one attached hydrogen (secondary N) is 1. The Morgan fingerprint density at radius 1 is 1.26 bits per heavy atom. The summed E-state index contributed by atoms with van der Waals surface area (Å²) in [6.45, 7) is 16.2. The van der Waals surface area contributed by atoms with E-state index in [0.717, 1.165) is 25.1 Å². The number of unbranched alkanes of at least 4 members (excludes halogenated alkanes) is 2. The highest BCUT2D eigenvalue weighted by atomic mass is 15.1. The molecule has 0 bridgehead atoms. The molecule has 1 rings (SSSR count). The number of hydrogen-bond donors (Lipinski definition) is 2. The first-order chi connectivity index (χ1) is 13.0. The van der Waals surface area contributed by atoms with Gasteiger partial charge in [-0.1, -0.05) is 38.5 Å². The van der Waals surface area contributed by atoms with E-state index in [-0.39, 0.29) is 0 Å². The van der Waals surface area contributed by atoms with Gasteiger partial charge < -0.3 is 20.9 Å². The van der Waals surface area contributed by atoms with E-state index in [0.29, 0.717) is 12.1 Å². The first kappa shape index (κ1) is 23.9. The first-order valence-electron chi connectivity index (χ1n) is 10.9. The average molecular weight is 377 g/mol. The van der Waals surface area contributed by atoms with Crippen LogP contribution in [0, 0.1) is 0 Å². The smallest absolute Gasteiger partial charge is 0.0322 e. The van der Waals surface area contributed by atoms with E-state index in [1.165, 1.54) is 57.4 Å². The summed E-state index contributed by atoms with van der Waals surface area (Å²) >= 11 is 0. The molecular weight excluding hydrogens is 332 g/mol. The molecule has 0 radical (unpaired) electrons. The van der Waals surface area contributed by atoms with Gasteiger partial charge in [0.25, 0.3) is 0 Å². The second-order valence-corrected chi connectivity index (χ2v) is 7.89. The number of nitrogens with zero attached hydrogens (tertiary/aromatic N) is 2. The first-order valence-corrected chi connectivity index (χ1v) is 10.9. The Labute approximate surface area is 168 Å². The zero-order chi connectivity index (χ0) is 20.1. The van der Waals surface area contributed by atoms with Crippen molar-refractivity contribution >= 4 is 0 Å². The topological polar surface area (TPSA) is 44.5 Å². The second kappa shape index (κ2) is 14.0. The molecular formula is C23H44N4. The van der Waals surface area contributed by atoms with Crippen LogP contribution in [0.25, 0.3) is 0 Å². The Kier molecular flexibility index (Phi) is 12.4. The fourth-order valence-corrected chi connectivity index (χ4v) is 3.62. The van der Waals surface area contributed by atoms with E-state index in [1.54, 1.807) is 0 Å². The summed E-state index contributed by atoms with van der Waals surface area (Å²) in [7, 11) is 2.19. The Morgan fingerprint density at radius 2 is 1.96 bits per heavy atom. The molecule has 1 atom stereocenters. The molecule has 1 aliphatic heterocycles. The third-order valence-electron chi connectivity index (χ3n) is 5.83. The van der Waals surface area contributed by atoms with Gasteiger partial charge in [0.2, 0.25) is 0 Å². The number of likely N-dealkylation sites (tertiary alicyclic amines) is 1. The Bertz CT molecular complexity index is 461. The minimum Gasteiger partial charge on any atom is -0.372 e. The molecule has 0 amide bonds.